The molecular formula is C36H48FNO5. The van der Waals surface area contributed by atoms with Crippen molar-refractivity contribution in [1.29, 1.82) is 0 Å². The van der Waals surface area contributed by atoms with Crippen molar-refractivity contribution in [3.8, 4) is 16.9 Å². The predicted octanol–water partition coefficient (Wildman–Crippen LogP) is 7.63. The molecule has 1 atom stereocenters. The van der Waals surface area contributed by atoms with Gasteiger partial charge in [0.2, 0.25) is 5.91 Å². The summed E-state index contributed by atoms with van der Waals surface area (Å²) in [5.74, 6) is 0.108. The van der Waals surface area contributed by atoms with Crippen LogP contribution in [0.2, 0.25) is 0 Å². The van der Waals surface area contributed by atoms with E-state index in [0.717, 1.165) is 63.9 Å². The van der Waals surface area contributed by atoms with Crippen molar-refractivity contribution in [2.24, 2.45) is 5.92 Å². The predicted molar refractivity (Wildman–Crippen MR) is 166 cm³/mol. The van der Waals surface area contributed by atoms with Gasteiger partial charge in [0.25, 0.3) is 0 Å². The fourth-order valence-electron chi connectivity index (χ4n) is 7.39. The average molecular weight is 594 g/mol. The van der Waals surface area contributed by atoms with Gasteiger partial charge in [-0.3, -0.25) is 4.79 Å². The number of esters is 1. The maximum absolute atomic E-state index is 15.7. The Morgan fingerprint density at radius 2 is 1.77 bits per heavy atom. The number of fused-ring (bicyclic) bond motifs is 2. The first-order valence-electron chi connectivity index (χ1n) is 16.1. The number of carbonyl (C=O) groups excluding carboxylic acids is 2. The molecule has 1 saturated carbocycles. The Morgan fingerprint density at radius 3 is 2.44 bits per heavy atom. The van der Waals surface area contributed by atoms with E-state index >= 15 is 4.39 Å². The molecule has 2 aromatic carbocycles. The lowest BCUT2D eigenvalue weighted by atomic mass is 9.78. The Labute approximate surface area is 256 Å². The summed E-state index contributed by atoms with van der Waals surface area (Å²) in [5, 5.41) is 0. The molecule has 2 aromatic rings. The lowest BCUT2D eigenvalue weighted by molar-refractivity contribution is -0.166. The van der Waals surface area contributed by atoms with Crippen LogP contribution in [0.25, 0.3) is 11.1 Å². The Balaban J connectivity index is 1.74. The zero-order chi connectivity index (χ0) is 31.1. The Bertz CT molecular complexity index is 1400. The molecule has 43 heavy (non-hydrogen) atoms. The van der Waals surface area contributed by atoms with Gasteiger partial charge in [-0.25, -0.2) is 9.18 Å². The first-order valence-corrected chi connectivity index (χ1v) is 16.1. The van der Waals surface area contributed by atoms with E-state index in [0.29, 0.717) is 30.4 Å². The zero-order valence-corrected chi connectivity index (χ0v) is 27.1. The van der Waals surface area contributed by atoms with Crippen LogP contribution in [0, 0.1) is 32.5 Å². The number of halogens is 1. The van der Waals surface area contributed by atoms with Gasteiger partial charge in [-0.1, -0.05) is 19.3 Å². The lowest BCUT2D eigenvalue weighted by Crippen LogP contribution is -2.41. The molecule has 1 aliphatic carbocycles. The molecule has 0 bridgehead atoms. The number of carbonyl (C=O) groups is 2. The summed E-state index contributed by atoms with van der Waals surface area (Å²) < 4.78 is 33.5. The minimum atomic E-state index is -1.04. The van der Waals surface area contributed by atoms with E-state index in [2.05, 4.69) is 6.92 Å². The molecule has 1 fully saturated rings. The van der Waals surface area contributed by atoms with Gasteiger partial charge in [-0.05, 0) is 125 Å². The van der Waals surface area contributed by atoms with Gasteiger partial charge in [-0.15, -0.1) is 0 Å². The quantitative estimate of drug-likeness (QED) is 0.309. The number of hydrogen-bond acceptors (Lipinski definition) is 5. The number of rotatable bonds is 7. The van der Waals surface area contributed by atoms with E-state index in [1.54, 1.807) is 13.0 Å². The van der Waals surface area contributed by atoms with Gasteiger partial charge in [0.05, 0.1) is 25.2 Å². The number of nitrogens with zero attached hydrogens (tertiary/aromatic N) is 1. The fraction of sp³-hybridized carbons (Fsp3) is 0.611. The molecule has 0 aromatic heterocycles. The van der Waals surface area contributed by atoms with Crippen molar-refractivity contribution in [3.63, 3.8) is 0 Å². The highest BCUT2D eigenvalue weighted by molar-refractivity contribution is 5.89. The molecule has 3 aliphatic rings. The van der Waals surface area contributed by atoms with Crippen molar-refractivity contribution in [1.82, 2.24) is 4.90 Å². The summed E-state index contributed by atoms with van der Waals surface area (Å²) in [5.41, 5.74) is 7.22. The SMILES string of the molecule is CCOC(=O)C(OC(C)(C)C)c1c(C)c2c(c(C)c1-c1cc(F)c3c(c1C)CCCO3)CN(CC1CCCCC1)C(=O)C2. The van der Waals surface area contributed by atoms with Crippen LogP contribution in [0.1, 0.15) is 111 Å². The third-order valence-electron chi connectivity index (χ3n) is 9.49. The zero-order valence-electron chi connectivity index (χ0n) is 27.1. The van der Waals surface area contributed by atoms with Gasteiger partial charge in [0.1, 0.15) is 0 Å². The minimum Gasteiger partial charge on any atom is -0.490 e. The van der Waals surface area contributed by atoms with Crippen LogP contribution in [0.5, 0.6) is 5.75 Å². The molecule has 234 valence electrons. The van der Waals surface area contributed by atoms with E-state index in [1.807, 2.05) is 39.5 Å². The highest BCUT2D eigenvalue weighted by Gasteiger charge is 2.38. The van der Waals surface area contributed by atoms with E-state index < -0.39 is 23.5 Å². The van der Waals surface area contributed by atoms with Crippen molar-refractivity contribution in [2.75, 3.05) is 19.8 Å². The third-order valence-corrected chi connectivity index (χ3v) is 9.49. The highest BCUT2D eigenvalue weighted by atomic mass is 19.1. The molecule has 7 heteroatoms. The van der Waals surface area contributed by atoms with Gasteiger partial charge in [0.15, 0.2) is 17.7 Å². The fourth-order valence-corrected chi connectivity index (χ4v) is 7.39. The first kappa shape index (κ1) is 31.5. The molecule has 2 heterocycles. The summed E-state index contributed by atoms with van der Waals surface area (Å²) in [4.78, 5) is 29.3. The van der Waals surface area contributed by atoms with Crippen LogP contribution < -0.4 is 4.74 Å². The molecular weight excluding hydrogens is 545 g/mol. The van der Waals surface area contributed by atoms with Crippen LogP contribution in [0.4, 0.5) is 4.39 Å². The topological polar surface area (TPSA) is 65.1 Å². The standard InChI is InChI=1S/C36H48FNO5/c1-8-41-35(40)34(43-36(5,6)7)32-22(3)26-18-30(39)38(19-24-13-10-9-11-14-24)20-28(26)23(4)31(32)27-17-29(37)33-25(21(27)2)15-12-16-42-33/h17,24,34H,8-16,18-20H2,1-7H3. The molecule has 0 N–H and O–H groups in total. The largest absolute Gasteiger partial charge is 0.490 e. The molecule has 0 saturated heterocycles. The monoisotopic (exact) mass is 593 g/mol. The minimum absolute atomic E-state index is 0.122. The van der Waals surface area contributed by atoms with Crippen molar-refractivity contribution in [3.05, 3.63) is 50.8 Å². The van der Waals surface area contributed by atoms with Gasteiger partial charge in [-0.2, -0.15) is 0 Å². The number of hydrogen-bond donors (Lipinski definition) is 0. The number of amides is 1. The molecule has 5 rings (SSSR count). The smallest absolute Gasteiger partial charge is 0.339 e. The van der Waals surface area contributed by atoms with Gasteiger partial charge >= 0.3 is 5.97 Å². The molecule has 0 radical (unpaired) electrons. The molecule has 0 spiro atoms. The molecule has 1 unspecified atom stereocenters. The van der Waals surface area contributed by atoms with E-state index in [-0.39, 0.29) is 18.9 Å². The second-order valence-electron chi connectivity index (χ2n) is 13.6. The van der Waals surface area contributed by atoms with Crippen LogP contribution in [0.3, 0.4) is 0 Å². The summed E-state index contributed by atoms with van der Waals surface area (Å²) in [7, 11) is 0. The summed E-state index contributed by atoms with van der Waals surface area (Å²) in [6, 6.07) is 1.56. The second kappa shape index (κ2) is 12.6. The van der Waals surface area contributed by atoms with Crippen LogP contribution in [-0.4, -0.2) is 42.1 Å². The molecule has 6 nitrogen and oxygen atoms in total. The Hall–Kier alpha value is -2.93. The first-order chi connectivity index (χ1) is 20.4. The van der Waals surface area contributed by atoms with E-state index in [4.69, 9.17) is 14.2 Å². The van der Waals surface area contributed by atoms with Crippen molar-refractivity contribution < 1.29 is 28.2 Å². The van der Waals surface area contributed by atoms with Crippen molar-refractivity contribution >= 4 is 11.9 Å². The number of ether oxygens (including phenoxy) is 3. The maximum atomic E-state index is 15.7. The normalized spacial score (nSPS) is 18.1. The molecule has 2 aliphatic heterocycles. The summed E-state index contributed by atoms with van der Waals surface area (Å²) in [6.45, 7) is 15.6. The molecule has 1 amide bonds. The Kier molecular flexibility index (Phi) is 9.22. The van der Waals surface area contributed by atoms with Crippen LogP contribution in [-0.2, 0) is 38.4 Å². The lowest BCUT2D eigenvalue weighted by Gasteiger charge is -2.37. The third kappa shape index (κ3) is 6.33. The summed E-state index contributed by atoms with van der Waals surface area (Å²) >= 11 is 0. The van der Waals surface area contributed by atoms with Gasteiger partial charge < -0.3 is 19.1 Å². The Morgan fingerprint density at radius 1 is 1.05 bits per heavy atom. The summed E-state index contributed by atoms with van der Waals surface area (Å²) in [6.07, 6.45) is 6.85. The second-order valence-corrected chi connectivity index (χ2v) is 13.6. The van der Waals surface area contributed by atoms with Crippen LogP contribution >= 0.6 is 0 Å². The average Bonchev–Trinajstić information content (AvgIpc) is 2.97. The van der Waals surface area contributed by atoms with Crippen LogP contribution in [0.15, 0.2) is 6.07 Å². The highest BCUT2D eigenvalue weighted by Crippen LogP contribution is 2.46. The van der Waals surface area contributed by atoms with E-state index in [9.17, 15) is 9.59 Å². The number of benzene rings is 2. The van der Waals surface area contributed by atoms with Crippen molar-refractivity contribution in [2.45, 2.75) is 118 Å². The maximum Gasteiger partial charge on any atom is 0.339 e. The van der Waals surface area contributed by atoms with E-state index in [1.165, 1.54) is 32.1 Å². The van der Waals surface area contributed by atoms with Gasteiger partial charge in [0, 0.05) is 24.2 Å².